The molecule has 0 aromatic heterocycles. The number of hydrogen-bond donors (Lipinski definition) is 0. The fourth-order valence-electron chi connectivity index (χ4n) is 5.77. The van der Waals surface area contributed by atoms with Crippen molar-refractivity contribution >= 4 is 16.4 Å². The van der Waals surface area contributed by atoms with E-state index in [0.29, 0.717) is 36.4 Å². The van der Waals surface area contributed by atoms with Crippen LogP contribution in [0.1, 0.15) is 68.9 Å². The van der Waals surface area contributed by atoms with E-state index in [1.165, 1.54) is 24.8 Å². The Morgan fingerprint density at radius 3 is 2.00 bits per heavy atom. The molecule has 0 spiro atoms. The first-order valence-corrected chi connectivity index (χ1v) is 14.7. The molecule has 2 saturated carbocycles. The van der Waals surface area contributed by atoms with Crippen LogP contribution >= 0.6 is 0 Å². The van der Waals surface area contributed by atoms with Gasteiger partial charge in [-0.05, 0) is 75.0 Å². The van der Waals surface area contributed by atoms with E-state index in [1.54, 1.807) is 28.6 Å². The van der Waals surface area contributed by atoms with Gasteiger partial charge in [-0.1, -0.05) is 67.3 Å². The van der Waals surface area contributed by atoms with Crippen molar-refractivity contribution in [2.75, 3.05) is 13.1 Å². The summed E-state index contributed by atoms with van der Waals surface area (Å²) < 4.78 is 29.0. The van der Waals surface area contributed by atoms with Crippen molar-refractivity contribution in [3.63, 3.8) is 0 Å². The van der Waals surface area contributed by atoms with Gasteiger partial charge in [0.15, 0.2) is 0 Å². The van der Waals surface area contributed by atoms with Gasteiger partial charge in [-0.25, -0.2) is 8.42 Å². The molecule has 0 unspecified atom stereocenters. The van der Waals surface area contributed by atoms with Crippen LogP contribution in [-0.4, -0.2) is 43.2 Å². The number of amides is 1. The first-order valence-electron chi connectivity index (χ1n) is 13.3. The molecule has 0 radical (unpaired) electrons. The molecule has 6 heteroatoms. The topological polar surface area (TPSA) is 57.7 Å². The van der Waals surface area contributed by atoms with Gasteiger partial charge in [-0.2, -0.15) is 4.31 Å². The number of carbonyl (C=O) groups is 1. The van der Waals surface area contributed by atoms with Crippen LogP contribution < -0.4 is 0 Å². The molecule has 4 rings (SSSR count). The molecule has 2 aliphatic rings. The third kappa shape index (κ3) is 6.95. The summed E-state index contributed by atoms with van der Waals surface area (Å²) >= 11 is 0. The molecular weight excluding hydrogens is 456 g/mol. The molecular formula is C29H40N2O3S. The average Bonchev–Trinajstić information content (AvgIpc) is 2.89. The highest BCUT2D eigenvalue weighted by molar-refractivity contribution is 7.89. The highest BCUT2D eigenvalue weighted by atomic mass is 32.2. The summed E-state index contributed by atoms with van der Waals surface area (Å²) in [6.45, 7) is 3.91. The van der Waals surface area contributed by atoms with Crippen LogP contribution in [0.3, 0.4) is 0 Å². The standard InChI is InChI=1S/C29H40N2O3S/c1-24-12-14-26(15-13-24)20-30(23-32)28-18-16-27(17-19-28)22-31(21-25-8-4-2-5-9-25)35(33,34)29-10-6-3-7-11-29/h3,6-7,10-15,23,25,27-28H,2,4-5,8-9,16-22H2,1H3. The Hall–Kier alpha value is -2.18. The zero-order chi connectivity index (χ0) is 24.7. The van der Waals surface area contributed by atoms with E-state index in [2.05, 4.69) is 31.2 Å². The minimum absolute atomic E-state index is 0.225. The van der Waals surface area contributed by atoms with Gasteiger partial charge < -0.3 is 4.90 Å². The highest BCUT2D eigenvalue weighted by Crippen LogP contribution is 2.32. The number of rotatable bonds is 10. The molecule has 2 fully saturated rings. The molecule has 0 saturated heterocycles. The number of sulfonamides is 1. The van der Waals surface area contributed by atoms with Gasteiger partial charge in [0.05, 0.1) is 4.90 Å². The van der Waals surface area contributed by atoms with Crippen LogP contribution in [0, 0.1) is 18.8 Å². The van der Waals surface area contributed by atoms with Gasteiger partial charge >= 0.3 is 0 Å². The normalized spacial score (nSPS) is 21.7. The van der Waals surface area contributed by atoms with Crippen LogP contribution in [0.4, 0.5) is 0 Å². The third-order valence-electron chi connectivity index (χ3n) is 7.94. The Kier molecular flexibility index (Phi) is 9.01. The predicted octanol–water partition coefficient (Wildman–Crippen LogP) is 5.78. The number of aryl methyl sites for hydroxylation is 1. The minimum Gasteiger partial charge on any atom is -0.338 e. The second kappa shape index (κ2) is 12.2. The number of carbonyl (C=O) groups excluding carboxylic acids is 1. The van der Waals surface area contributed by atoms with E-state index in [1.807, 2.05) is 11.0 Å². The summed E-state index contributed by atoms with van der Waals surface area (Å²) in [6, 6.07) is 17.5. The Labute approximate surface area is 211 Å². The van der Waals surface area contributed by atoms with E-state index >= 15 is 0 Å². The summed E-state index contributed by atoms with van der Waals surface area (Å²) in [5.74, 6) is 0.792. The average molecular weight is 497 g/mol. The molecule has 0 atom stereocenters. The van der Waals surface area contributed by atoms with Gasteiger partial charge in [0.2, 0.25) is 16.4 Å². The predicted molar refractivity (Wildman–Crippen MR) is 140 cm³/mol. The lowest BCUT2D eigenvalue weighted by Crippen LogP contribution is -2.42. The van der Waals surface area contributed by atoms with E-state index in [-0.39, 0.29) is 6.04 Å². The van der Waals surface area contributed by atoms with Crippen molar-refractivity contribution in [2.24, 2.45) is 11.8 Å². The van der Waals surface area contributed by atoms with Gasteiger partial charge in [-0.3, -0.25) is 4.79 Å². The molecule has 2 aromatic rings. The Morgan fingerprint density at radius 1 is 0.800 bits per heavy atom. The van der Waals surface area contributed by atoms with Gasteiger partial charge in [0.25, 0.3) is 0 Å². The van der Waals surface area contributed by atoms with Crippen LogP contribution in [0.25, 0.3) is 0 Å². The molecule has 2 aliphatic carbocycles. The zero-order valence-electron chi connectivity index (χ0n) is 21.0. The van der Waals surface area contributed by atoms with Crippen molar-refractivity contribution < 1.29 is 13.2 Å². The van der Waals surface area contributed by atoms with E-state index in [9.17, 15) is 13.2 Å². The maximum absolute atomic E-state index is 13.6. The molecule has 35 heavy (non-hydrogen) atoms. The Morgan fingerprint density at radius 2 is 1.40 bits per heavy atom. The van der Waals surface area contributed by atoms with Crippen LogP contribution in [0.5, 0.6) is 0 Å². The molecule has 190 valence electrons. The lowest BCUT2D eigenvalue weighted by atomic mass is 9.84. The molecule has 0 bridgehead atoms. The second-order valence-corrected chi connectivity index (χ2v) is 12.5. The zero-order valence-corrected chi connectivity index (χ0v) is 21.8. The SMILES string of the molecule is Cc1ccc(CN(C=O)C2CCC(CN(CC3CCCCC3)S(=O)(=O)c3ccccc3)CC2)cc1. The molecule has 0 aliphatic heterocycles. The maximum atomic E-state index is 13.6. The van der Waals surface area contributed by atoms with Gasteiger partial charge in [-0.15, -0.1) is 0 Å². The Balaban J connectivity index is 1.39. The van der Waals surface area contributed by atoms with Crippen molar-refractivity contribution in [2.45, 2.75) is 82.2 Å². The Bertz CT molecular complexity index is 1030. The van der Waals surface area contributed by atoms with Crippen molar-refractivity contribution in [3.8, 4) is 0 Å². The molecule has 5 nitrogen and oxygen atoms in total. The minimum atomic E-state index is -3.51. The van der Waals surface area contributed by atoms with E-state index in [0.717, 1.165) is 50.5 Å². The third-order valence-corrected chi connectivity index (χ3v) is 9.78. The lowest BCUT2D eigenvalue weighted by molar-refractivity contribution is -0.121. The fourth-order valence-corrected chi connectivity index (χ4v) is 7.39. The van der Waals surface area contributed by atoms with Gasteiger partial charge in [0, 0.05) is 25.7 Å². The molecule has 0 N–H and O–H groups in total. The summed E-state index contributed by atoms with van der Waals surface area (Å²) in [6.07, 6.45) is 10.7. The highest BCUT2D eigenvalue weighted by Gasteiger charge is 2.32. The number of nitrogens with zero attached hydrogens (tertiary/aromatic N) is 2. The molecule has 2 aromatic carbocycles. The van der Waals surface area contributed by atoms with Crippen molar-refractivity contribution in [1.82, 2.24) is 9.21 Å². The van der Waals surface area contributed by atoms with Crippen molar-refractivity contribution in [1.29, 1.82) is 0 Å². The first-order chi connectivity index (χ1) is 17.0. The number of hydrogen-bond acceptors (Lipinski definition) is 3. The first kappa shape index (κ1) is 25.9. The quantitative estimate of drug-likeness (QED) is 0.392. The van der Waals surface area contributed by atoms with E-state index in [4.69, 9.17) is 0 Å². The molecule has 1 amide bonds. The lowest BCUT2D eigenvalue weighted by Gasteiger charge is -2.37. The fraction of sp³-hybridized carbons (Fsp3) is 0.552. The van der Waals surface area contributed by atoms with Crippen LogP contribution in [0.15, 0.2) is 59.5 Å². The monoisotopic (exact) mass is 496 g/mol. The maximum Gasteiger partial charge on any atom is 0.243 e. The van der Waals surface area contributed by atoms with Gasteiger partial charge in [0.1, 0.15) is 0 Å². The smallest absolute Gasteiger partial charge is 0.243 e. The second-order valence-electron chi connectivity index (χ2n) is 10.6. The summed E-state index contributed by atoms with van der Waals surface area (Å²) in [5, 5.41) is 0. The van der Waals surface area contributed by atoms with Crippen LogP contribution in [-0.2, 0) is 21.4 Å². The summed E-state index contributed by atoms with van der Waals surface area (Å²) in [7, 11) is -3.51. The summed E-state index contributed by atoms with van der Waals surface area (Å²) in [4.78, 5) is 14.2. The van der Waals surface area contributed by atoms with Crippen LogP contribution in [0.2, 0.25) is 0 Å². The van der Waals surface area contributed by atoms with Crippen molar-refractivity contribution in [3.05, 3.63) is 65.7 Å². The number of benzene rings is 2. The largest absolute Gasteiger partial charge is 0.338 e. The van der Waals surface area contributed by atoms with E-state index < -0.39 is 10.0 Å². The molecule has 0 heterocycles. The summed E-state index contributed by atoms with van der Waals surface area (Å²) in [5.41, 5.74) is 2.37.